The molecule has 6 heteroatoms. The summed E-state index contributed by atoms with van der Waals surface area (Å²) < 4.78 is 0. The third-order valence-electron chi connectivity index (χ3n) is 4.21. The van der Waals surface area contributed by atoms with Crippen LogP contribution in [-0.4, -0.2) is 35.0 Å². The molecule has 0 radical (unpaired) electrons. The maximum atomic E-state index is 12.7. The normalized spacial score (nSPS) is 21.1. The van der Waals surface area contributed by atoms with Gasteiger partial charge < -0.3 is 15.7 Å². The Balaban J connectivity index is 2.37. The van der Waals surface area contributed by atoms with Crippen molar-refractivity contribution in [2.24, 2.45) is 11.1 Å². The fourth-order valence-corrected chi connectivity index (χ4v) is 3.43. The molecule has 20 heavy (non-hydrogen) atoms. The predicted molar refractivity (Wildman–Crippen MR) is 77.6 cm³/mol. The van der Waals surface area contributed by atoms with Gasteiger partial charge in [0.25, 0.3) is 0 Å². The van der Waals surface area contributed by atoms with E-state index in [0.717, 1.165) is 10.4 Å². The monoisotopic (exact) mass is 296 g/mol. The Hall–Kier alpha value is -1.40. The average molecular weight is 296 g/mol. The van der Waals surface area contributed by atoms with Crippen molar-refractivity contribution in [1.29, 1.82) is 0 Å². The standard InChI is InChI=1S/C14H20N2O3S/c1-3-14(2,8-15)13(19)16-6-4-10-9(5-7-20-10)11(16)12(17)18/h5,7,11H,3-4,6,8,15H2,1-2H3,(H,17,18). The van der Waals surface area contributed by atoms with Crippen molar-refractivity contribution in [2.75, 3.05) is 13.1 Å². The van der Waals surface area contributed by atoms with E-state index in [0.29, 0.717) is 19.4 Å². The van der Waals surface area contributed by atoms with E-state index in [1.54, 1.807) is 18.3 Å². The number of thiophene rings is 1. The molecule has 1 aromatic heterocycles. The van der Waals surface area contributed by atoms with Gasteiger partial charge in [-0.05, 0) is 36.8 Å². The zero-order chi connectivity index (χ0) is 14.9. The smallest absolute Gasteiger partial charge is 0.331 e. The van der Waals surface area contributed by atoms with Gasteiger partial charge in [-0.25, -0.2) is 4.79 Å². The minimum atomic E-state index is -0.979. The van der Waals surface area contributed by atoms with Crippen LogP contribution in [-0.2, 0) is 16.0 Å². The molecule has 0 aromatic carbocycles. The van der Waals surface area contributed by atoms with Crippen molar-refractivity contribution in [1.82, 2.24) is 4.90 Å². The number of rotatable bonds is 4. The van der Waals surface area contributed by atoms with Gasteiger partial charge in [0.15, 0.2) is 6.04 Å². The molecule has 1 aliphatic rings. The summed E-state index contributed by atoms with van der Waals surface area (Å²) in [5.41, 5.74) is 5.78. The number of hydrogen-bond acceptors (Lipinski definition) is 4. The number of carboxylic acids is 1. The van der Waals surface area contributed by atoms with E-state index >= 15 is 0 Å². The second kappa shape index (κ2) is 5.54. The van der Waals surface area contributed by atoms with Crippen LogP contribution in [0.1, 0.15) is 36.8 Å². The lowest BCUT2D eigenvalue weighted by atomic mass is 9.84. The lowest BCUT2D eigenvalue weighted by Gasteiger charge is -2.39. The SMILES string of the molecule is CCC(C)(CN)C(=O)N1CCc2sccc2C1C(=O)O. The summed E-state index contributed by atoms with van der Waals surface area (Å²) >= 11 is 1.55. The van der Waals surface area contributed by atoms with Crippen LogP contribution >= 0.6 is 11.3 Å². The predicted octanol–water partition coefficient (Wildman–Crippen LogP) is 1.63. The Labute approximate surface area is 122 Å². The highest BCUT2D eigenvalue weighted by atomic mass is 32.1. The Morgan fingerprint density at radius 3 is 2.85 bits per heavy atom. The number of carboxylic acid groups (broad SMARTS) is 1. The van der Waals surface area contributed by atoms with Crippen LogP contribution in [0, 0.1) is 5.41 Å². The van der Waals surface area contributed by atoms with E-state index in [2.05, 4.69) is 0 Å². The summed E-state index contributed by atoms with van der Waals surface area (Å²) in [6.07, 6.45) is 1.31. The fraction of sp³-hybridized carbons (Fsp3) is 0.571. The summed E-state index contributed by atoms with van der Waals surface area (Å²) in [6.45, 7) is 4.37. The van der Waals surface area contributed by atoms with Crippen LogP contribution in [0.5, 0.6) is 0 Å². The number of carbonyl (C=O) groups excluding carboxylic acids is 1. The molecule has 2 rings (SSSR count). The minimum absolute atomic E-state index is 0.160. The first-order valence-electron chi connectivity index (χ1n) is 6.75. The second-order valence-corrected chi connectivity index (χ2v) is 6.41. The van der Waals surface area contributed by atoms with Crippen molar-refractivity contribution >= 4 is 23.2 Å². The van der Waals surface area contributed by atoms with Crippen LogP contribution in [0.15, 0.2) is 11.4 Å². The largest absolute Gasteiger partial charge is 0.479 e. The van der Waals surface area contributed by atoms with Crippen LogP contribution < -0.4 is 5.73 Å². The maximum Gasteiger partial charge on any atom is 0.331 e. The number of hydrogen-bond donors (Lipinski definition) is 2. The van der Waals surface area contributed by atoms with Crippen molar-refractivity contribution in [3.8, 4) is 0 Å². The van der Waals surface area contributed by atoms with Crippen molar-refractivity contribution in [3.63, 3.8) is 0 Å². The van der Waals surface area contributed by atoms with Gasteiger partial charge >= 0.3 is 5.97 Å². The first kappa shape index (κ1) is 15.0. The van der Waals surface area contributed by atoms with Crippen molar-refractivity contribution in [3.05, 3.63) is 21.9 Å². The first-order chi connectivity index (χ1) is 9.44. The highest BCUT2D eigenvalue weighted by Gasteiger charge is 2.42. The quantitative estimate of drug-likeness (QED) is 0.884. The topological polar surface area (TPSA) is 83.6 Å². The van der Waals surface area contributed by atoms with Gasteiger partial charge in [-0.15, -0.1) is 11.3 Å². The molecule has 2 heterocycles. The van der Waals surface area contributed by atoms with E-state index in [-0.39, 0.29) is 12.5 Å². The Morgan fingerprint density at radius 1 is 1.60 bits per heavy atom. The molecule has 1 aliphatic heterocycles. The highest BCUT2D eigenvalue weighted by molar-refractivity contribution is 7.10. The molecule has 1 aromatic rings. The number of nitrogens with two attached hydrogens (primary N) is 1. The zero-order valence-electron chi connectivity index (χ0n) is 11.8. The van der Waals surface area contributed by atoms with Gasteiger partial charge in [0.1, 0.15) is 0 Å². The molecule has 2 atom stereocenters. The van der Waals surface area contributed by atoms with Crippen molar-refractivity contribution < 1.29 is 14.7 Å². The Kier molecular flexibility index (Phi) is 4.15. The molecule has 0 saturated heterocycles. The highest BCUT2D eigenvalue weighted by Crippen LogP contribution is 2.36. The van der Waals surface area contributed by atoms with Crippen LogP contribution in [0.2, 0.25) is 0 Å². The molecule has 5 nitrogen and oxygen atoms in total. The summed E-state index contributed by atoms with van der Waals surface area (Å²) in [5.74, 6) is -1.14. The van der Waals surface area contributed by atoms with Crippen LogP contribution in [0.4, 0.5) is 0 Å². The molecule has 0 saturated carbocycles. The molecular formula is C14H20N2O3S. The summed E-state index contributed by atoms with van der Waals surface area (Å²) in [7, 11) is 0. The molecule has 2 unspecified atom stereocenters. The van der Waals surface area contributed by atoms with E-state index < -0.39 is 17.4 Å². The Bertz CT molecular complexity index is 522. The van der Waals surface area contributed by atoms with Gasteiger partial charge in [-0.1, -0.05) is 6.92 Å². The molecular weight excluding hydrogens is 276 g/mol. The summed E-state index contributed by atoms with van der Waals surface area (Å²) in [4.78, 5) is 26.9. The van der Waals surface area contributed by atoms with Gasteiger partial charge in [0, 0.05) is 18.0 Å². The van der Waals surface area contributed by atoms with Gasteiger partial charge in [0.2, 0.25) is 5.91 Å². The van der Waals surface area contributed by atoms with E-state index in [1.165, 1.54) is 4.90 Å². The van der Waals surface area contributed by atoms with E-state index in [9.17, 15) is 14.7 Å². The average Bonchev–Trinajstić information content (AvgIpc) is 2.92. The lowest BCUT2D eigenvalue weighted by molar-refractivity contribution is -0.155. The molecule has 0 bridgehead atoms. The maximum absolute atomic E-state index is 12.7. The lowest BCUT2D eigenvalue weighted by Crippen LogP contribution is -2.51. The number of aliphatic carboxylic acids is 1. The van der Waals surface area contributed by atoms with Gasteiger partial charge in [0.05, 0.1) is 5.41 Å². The number of carbonyl (C=O) groups is 2. The molecule has 110 valence electrons. The zero-order valence-corrected chi connectivity index (χ0v) is 12.6. The number of amides is 1. The minimum Gasteiger partial charge on any atom is -0.479 e. The van der Waals surface area contributed by atoms with Crippen LogP contribution in [0.25, 0.3) is 0 Å². The van der Waals surface area contributed by atoms with E-state index in [1.807, 2.05) is 18.4 Å². The summed E-state index contributed by atoms with van der Waals surface area (Å²) in [6, 6.07) is 0.930. The third kappa shape index (κ3) is 2.33. The first-order valence-corrected chi connectivity index (χ1v) is 7.62. The Morgan fingerprint density at radius 2 is 2.30 bits per heavy atom. The number of nitrogens with zero attached hydrogens (tertiary/aromatic N) is 1. The molecule has 1 amide bonds. The van der Waals surface area contributed by atoms with Crippen LogP contribution in [0.3, 0.4) is 0 Å². The van der Waals surface area contributed by atoms with E-state index in [4.69, 9.17) is 5.73 Å². The fourth-order valence-electron chi connectivity index (χ4n) is 2.53. The molecule has 0 aliphatic carbocycles. The van der Waals surface area contributed by atoms with Gasteiger partial charge in [-0.2, -0.15) is 0 Å². The number of fused-ring (bicyclic) bond motifs is 1. The summed E-state index contributed by atoms with van der Waals surface area (Å²) in [5, 5.41) is 11.4. The third-order valence-corrected chi connectivity index (χ3v) is 5.20. The molecule has 3 N–H and O–H groups in total. The van der Waals surface area contributed by atoms with Gasteiger partial charge in [-0.3, -0.25) is 4.79 Å². The van der Waals surface area contributed by atoms with Crippen molar-refractivity contribution in [2.45, 2.75) is 32.7 Å². The molecule has 0 fully saturated rings. The second-order valence-electron chi connectivity index (χ2n) is 5.41. The molecule has 0 spiro atoms.